The second-order valence-electron chi connectivity index (χ2n) is 5.71. The molecule has 0 amide bonds. The zero-order chi connectivity index (χ0) is 15.5. The molecule has 1 heteroatoms. The summed E-state index contributed by atoms with van der Waals surface area (Å²) < 4.78 is 4.98. The van der Waals surface area contributed by atoms with Gasteiger partial charge in [0.1, 0.15) is 6.61 Å². The van der Waals surface area contributed by atoms with Crippen LogP contribution in [0.1, 0.15) is 49.1 Å². The highest BCUT2D eigenvalue weighted by molar-refractivity contribution is 5.19. The van der Waals surface area contributed by atoms with Crippen LogP contribution in [0.15, 0.2) is 73.5 Å². The van der Waals surface area contributed by atoms with Crippen molar-refractivity contribution >= 4 is 0 Å². The molecule has 0 heterocycles. The van der Waals surface area contributed by atoms with E-state index in [1.54, 1.807) is 5.56 Å². The summed E-state index contributed by atoms with van der Waals surface area (Å²) in [7, 11) is 0. The van der Waals surface area contributed by atoms with Crippen molar-refractivity contribution in [3.8, 4) is 0 Å². The molecule has 3 rings (SSSR count). The molecule has 1 nitrogen and oxygen atoms in total. The van der Waals surface area contributed by atoms with E-state index < -0.39 is 0 Å². The van der Waals surface area contributed by atoms with Crippen LogP contribution in [-0.2, 0) is 11.3 Å². The van der Waals surface area contributed by atoms with Crippen molar-refractivity contribution in [3.63, 3.8) is 0 Å². The van der Waals surface area contributed by atoms with E-state index in [0.29, 0.717) is 6.61 Å². The monoisotopic (exact) mass is 294 g/mol. The van der Waals surface area contributed by atoms with Crippen LogP contribution in [0.5, 0.6) is 0 Å². The molecule has 0 spiro atoms. The molecule has 116 valence electrons. The molecule has 2 aromatic rings. The van der Waals surface area contributed by atoms with E-state index in [4.69, 9.17) is 4.74 Å². The molecule has 1 aliphatic rings. The fraction of sp³-hybridized carbons (Fsp3) is 0.333. The second kappa shape index (κ2) is 9.83. The minimum atomic E-state index is 0.615. The summed E-state index contributed by atoms with van der Waals surface area (Å²) in [5, 5.41) is 0. The molecule has 0 N–H and O–H groups in total. The maximum atomic E-state index is 4.98. The van der Waals surface area contributed by atoms with Crippen LogP contribution < -0.4 is 0 Å². The standard InChI is InChI=1S/C12H16.C9H10O/c1-3-7-11(8-4-1)12-9-5-2-6-10-12;1-2-10-8-9-6-4-3-5-7-9/h1,3-4,7-8,12H,2,5-6,9-10H2;2-7H,1,8H2. The van der Waals surface area contributed by atoms with Crippen LogP contribution in [0.25, 0.3) is 0 Å². The van der Waals surface area contributed by atoms with Crippen LogP contribution in [0, 0.1) is 0 Å². The molecule has 1 saturated carbocycles. The van der Waals surface area contributed by atoms with E-state index in [-0.39, 0.29) is 0 Å². The van der Waals surface area contributed by atoms with Gasteiger partial charge in [-0.15, -0.1) is 0 Å². The lowest BCUT2D eigenvalue weighted by Gasteiger charge is -2.21. The first-order chi connectivity index (χ1) is 10.9. The Morgan fingerprint density at radius 1 is 0.864 bits per heavy atom. The summed E-state index contributed by atoms with van der Waals surface area (Å²) in [5.41, 5.74) is 2.72. The molecule has 0 atom stereocenters. The lowest BCUT2D eigenvalue weighted by atomic mass is 9.84. The summed E-state index contributed by atoms with van der Waals surface area (Å²) in [6.07, 6.45) is 8.57. The first-order valence-electron chi connectivity index (χ1n) is 8.21. The summed E-state index contributed by atoms with van der Waals surface area (Å²) in [4.78, 5) is 0. The van der Waals surface area contributed by atoms with Crippen LogP contribution in [0.3, 0.4) is 0 Å². The Hall–Kier alpha value is -2.02. The number of rotatable bonds is 4. The molecule has 0 unspecified atom stereocenters. The van der Waals surface area contributed by atoms with Gasteiger partial charge in [0, 0.05) is 0 Å². The van der Waals surface area contributed by atoms with E-state index in [9.17, 15) is 0 Å². The van der Waals surface area contributed by atoms with Gasteiger partial charge in [-0.05, 0) is 29.9 Å². The molecule has 1 aliphatic carbocycles. The van der Waals surface area contributed by atoms with Crippen LogP contribution in [0.4, 0.5) is 0 Å². The largest absolute Gasteiger partial charge is 0.497 e. The molecule has 22 heavy (non-hydrogen) atoms. The summed E-state index contributed by atoms with van der Waals surface area (Å²) in [6, 6.07) is 21.0. The van der Waals surface area contributed by atoms with Crippen molar-refractivity contribution in [1.82, 2.24) is 0 Å². The SMILES string of the molecule is C=COCc1ccccc1.c1ccc(C2CCCCC2)cc1. The lowest BCUT2D eigenvalue weighted by Crippen LogP contribution is -2.03. The predicted octanol–water partition coefficient (Wildman–Crippen LogP) is 6.08. The third-order valence-electron chi connectivity index (χ3n) is 4.09. The van der Waals surface area contributed by atoms with Gasteiger partial charge in [-0.3, -0.25) is 0 Å². The van der Waals surface area contributed by atoms with Crippen molar-refractivity contribution in [1.29, 1.82) is 0 Å². The minimum absolute atomic E-state index is 0.615. The van der Waals surface area contributed by atoms with Crippen molar-refractivity contribution in [3.05, 3.63) is 84.6 Å². The number of ether oxygens (including phenoxy) is 1. The van der Waals surface area contributed by atoms with Crippen LogP contribution in [0.2, 0.25) is 0 Å². The Labute approximate surface area is 134 Å². The Morgan fingerprint density at radius 2 is 1.45 bits per heavy atom. The van der Waals surface area contributed by atoms with Gasteiger partial charge >= 0.3 is 0 Å². The van der Waals surface area contributed by atoms with Gasteiger partial charge in [-0.1, -0.05) is 86.5 Å². The summed E-state index contributed by atoms with van der Waals surface area (Å²) in [5.74, 6) is 0.861. The average molecular weight is 294 g/mol. The molecular formula is C21H26O. The number of hydrogen-bond acceptors (Lipinski definition) is 1. The van der Waals surface area contributed by atoms with Gasteiger partial charge in [-0.2, -0.15) is 0 Å². The maximum Gasteiger partial charge on any atom is 0.112 e. The van der Waals surface area contributed by atoms with Crippen LogP contribution in [-0.4, -0.2) is 0 Å². The zero-order valence-electron chi connectivity index (χ0n) is 13.3. The minimum Gasteiger partial charge on any atom is -0.497 e. The fourth-order valence-electron chi connectivity index (χ4n) is 2.89. The Bertz CT molecular complexity index is 512. The fourth-order valence-corrected chi connectivity index (χ4v) is 2.89. The van der Waals surface area contributed by atoms with Gasteiger partial charge in [0.05, 0.1) is 6.26 Å². The molecule has 2 aromatic carbocycles. The quantitative estimate of drug-likeness (QED) is 0.621. The van der Waals surface area contributed by atoms with Crippen molar-refractivity contribution in [2.75, 3.05) is 0 Å². The Morgan fingerprint density at radius 3 is 2.05 bits per heavy atom. The van der Waals surface area contributed by atoms with Gasteiger partial charge in [0.15, 0.2) is 0 Å². The normalized spacial score (nSPS) is 14.5. The molecule has 1 fully saturated rings. The number of hydrogen-bond donors (Lipinski definition) is 0. The van der Waals surface area contributed by atoms with Gasteiger partial charge in [0.2, 0.25) is 0 Å². The highest BCUT2D eigenvalue weighted by atomic mass is 16.5. The molecular weight excluding hydrogens is 268 g/mol. The van der Waals surface area contributed by atoms with Gasteiger partial charge < -0.3 is 4.74 Å². The van der Waals surface area contributed by atoms with Gasteiger partial charge in [0.25, 0.3) is 0 Å². The summed E-state index contributed by atoms with van der Waals surface area (Å²) >= 11 is 0. The maximum absolute atomic E-state index is 4.98. The topological polar surface area (TPSA) is 9.23 Å². The van der Waals surface area contributed by atoms with Crippen molar-refractivity contribution < 1.29 is 4.74 Å². The Kier molecular flexibility index (Phi) is 7.31. The zero-order valence-corrected chi connectivity index (χ0v) is 13.3. The molecule has 0 bridgehead atoms. The highest BCUT2D eigenvalue weighted by Gasteiger charge is 2.14. The molecule has 0 saturated heterocycles. The van der Waals surface area contributed by atoms with E-state index in [1.807, 2.05) is 30.3 Å². The third-order valence-corrected chi connectivity index (χ3v) is 4.09. The molecule has 0 aliphatic heterocycles. The highest BCUT2D eigenvalue weighted by Crippen LogP contribution is 2.32. The number of benzene rings is 2. The van der Waals surface area contributed by atoms with Crippen molar-refractivity contribution in [2.24, 2.45) is 0 Å². The van der Waals surface area contributed by atoms with E-state index in [2.05, 4.69) is 36.9 Å². The molecule has 0 radical (unpaired) electrons. The van der Waals surface area contributed by atoms with Crippen LogP contribution >= 0.6 is 0 Å². The first kappa shape index (κ1) is 16.4. The molecule has 0 aromatic heterocycles. The van der Waals surface area contributed by atoms with E-state index in [0.717, 1.165) is 5.92 Å². The van der Waals surface area contributed by atoms with Crippen molar-refractivity contribution in [2.45, 2.75) is 44.6 Å². The summed E-state index contributed by atoms with van der Waals surface area (Å²) in [6.45, 7) is 4.07. The van der Waals surface area contributed by atoms with Gasteiger partial charge in [-0.25, -0.2) is 0 Å². The average Bonchev–Trinajstić information content (AvgIpc) is 2.63. The Balaban J connectivity index is 0.000000164. The second-order valence-corrected chi connectivity index (χ2v) is 5.71. The van der Waals surface area contributed by atoms with E-state index in [1.165, 1.54) is 43.9 Å². The predicted molar refractivity (Wildman–Crippen MR) is 93.7 cm³/mol. The lowest BCUT2D eigenvalue weighted by molar-refractivity contribution is 0.237. The van der Waals surface area contributed by atoms with E-state index >= 15 is 0 Å². The first-order valence-corrected chi connectivity index (χ1v) is 8.21. The smallest absolute Gasteiger partial charge is 0.112 e. The third kappa shape index (κ3) is 5.77.